The fourth-order valence-electron chi connectivity index (χ4n) is 5.22. The van der Waals surface area contributed by atoms with Gasteiger partial charge in [0.05, 0.1) is 23.3 Å². The molecule has 1 saturated heterocycles. The van der Waals surface area contributed by atoms with Crippen molar-refractivity contribution in [3.8, 4) is 0 Å². The smallest absolute Gasteiger partial charge is 0.342 e. The predicted octanol–water partition coefficient (Wildman–Crippen LogP) is 4.40. The molecule has 2 heterocycles. The molecule has 1 fully saturated rings. The van der Waals surface area contributed by atoms with Crippen LogP contribution in [0, 0.1) is 0 Å². The van der Waals surface area contributed by atoms with Crippen molar-refractivity contribution in [2.75, 3.05) is 36.0 Å². The van der Waals surface area contributed by atoms with E-state index in [1.54, 1.807) is 0 Å². The van der Waals surface area contributed by atoms with E-state index in [0.717, 1.165) is 41.2 Å². The Morgan fingerprint density at radius 1 is 1.00 bits per heavy atom. The van der Waals surface area contributed by atoms with Gasteiger partial charge in [0, 0.05) is 44.1 Å². The molecule has 1 aromatic heterocycles. The number of urea groups is 1. The fraction of sp³-hybridized carbons (Fsp3) is 0.281. The standard InChI is InChI=1S/C32H38N8O2/c1-4-39(32(42)40(33)23(2)3)26-16-14-25(15-17-26)37-18-20-38(21-19-37)30(24-10-6-5-7-11-24)31(41)34-22-29-35-27-12-8-9-13-28(27)36-29/h4-17,23,30H,1,18-22,33H2,2-3H3,(H,34,41)(H,35,36). The number of carbonyl (C=O) groups excluding carboxylic acids is 2. The van der Waals surface area contributed by atoms with Crippen molar-refractivity contribution < 1.29 is 9.59 Å². The van der Waals surface area contributed by atoms with E-state index < -0.39 is 6.04 Å². The number of piperazine rings is 1. The normalized spacial score (nSPS) is 14.5. The van der Waals surface area contributed by atoms with E-state index in [2.05, 4.69) is 31.7 Å². The molecular formula is C32H38N8O2. The Morgan fingerprint density at radius 3 is 2.31 bits per heavy atom. The van der Waals surface area contributed by atoms with Gasteiger partial charge in [-0.15, -0.1) is 0 Å². The number of hydrazine groups is 1. The summed E-state index contributed by atoms with van der Waals surface area (Å²) in [6, 6.07) is 24.6. The van der Waals surface area contributed by atoms with Crippen LogP contribution >= 0.6 is 0 Å². The van der Waals surface area contributed by atoms with Crippen molar-refractivity contribution in [2.45, 2.75) is 32.5 Å². The minimum atomic E-state index is -0.410. The van der Waals surface area contributed by atoms with E-state index in [4.69, 9.17) is 5.84 Å². The number of carbonyl (C=O) groups is 2. The Balaban J connectivity index is 1.24. The van der Waals surface area contributed by atoms with Crippen LogP contribution in [0.2, 0.25) is 0 Å². The van der Waals surface area contributed by atoms with E-state index in [1.807, 2.05) is 92.7 Å². The molecule has 3 amide bonds. The number of benzene rings is 3. The fourth-order valence-corrected chi connectivity index (χ4v) is 5.22. The third-order valence-corrected chi connectivity index (χ3v) is 7.57. The maximum Gasteiger partial charge on any atom is 0.342 e. The lowest BCUT2D eigenvalue weighted by Gasteiger charge is -2.40. The molecule has 10 nitrogen and oxygen atoms in total. The van der Waals surface area contributed by atoms with Crippen LogP contribution < -0.4 is 21.0 Å². The average Bonchev–Trinajstić information content (AvgIpc) is 3.44. The molecule has 1 aliphatic heterocycles. The van der Waals surface area contributed by atoms with Gasteiger partial charge in [-0.2, -0.15) is 0 Å². The molecule has 42 heavy (non-hydrogen) atoms. The third kappa shape index (κ3) is 6.29. The van der Waals surface area contributed by atoms with Crippen LogP contribution in [-0.4, -0.2) is 64.0 Å². The van der Waals surface area contributed by atoms with Gasteiger partial charge in [0.1, 0.15) is 11.9 Å². The summed E-state index contributed by atoms with van der Waals surface area (Å²) in [5, 5.41) is 4.29. The van der Waals surface area contributed by atoms with Crippen LogP contribution in [0.1, 0.15) is 31.3 Å². The van der Waals surface area contributed by atoms with Crippen molar-refractivity contribution in [1.29, 1.82) is 0 Å². The van der Waals surface area contributed by atoms with Crippen LogP contribution in [-0.2, 0) is 11.3 Å². The second kappa shape index (κ2) is 12.9. The SMILES string of the molecule is C=CN(C(=O)N(N)C(C)C)c1ccc(N2CCN(C(C(=O)NCc3nc4ccccc4[nH]3)c3ccccc3)CC2)cc1. The molecule has 4 N–H and O–H groups in total. The Kier molecular flexibility index (Phi) is 8.85. The van der Waals surface area contributed by atoms with Crippen LogP contribution in [0.25, 0.3) is 11.0 Å². The lowest BCUT2D eigenvalue weighted by atomic mass is 10.0. The molecule has 218 valence electrons. The second-order valence-corrected chi connectivity index (χ2v) is 10.6. The first-order valence-corrected chi connectivity index (χ1v) is 14.2. The van der Waals surface area contributed by atoms with Crippen molar-refractivity contribution in [3.63, 3.8) is 0 Å². The summed E-state index contributed by atoms with van der Waals surface area (Å²) in [5.41, 5.74) is 4.53. The van der Waals surface area contributed by atoms with E-state index in [9.17, 15) is 9.59 Å². The first-order chi connectivity index (χ1) is 20.4. The zero-order valence-corrected chi connectivity index (χ0v) is 24.1. The highest BCUT2D eigenvalue weighted by Crippen LogP contribution is 2.27. The first kappa shape index (κ1) is 28.8. The van der Waals surface area contributed by atoms with Gasteiger partial charge in [-0.1, -0.05) is 49.0 Å². The number of imidazole rings is 1. The molecule has 1 unspecified atom stereocenters. The highest BCUT2D eigenvalue weighted by molar-refractivity contribution is 5.93. The van der Waals surface area contributed by atoms with Gasteiger partial charge < -0.3 is 15.2 Å². The van der Waals surface area contributed by atoms with Gasteiger partial charge in [0.15, 0.2) is 0 Å². The quantitative estimate of drug-likeness (QED) is 0.157. The topological polar surface area (TPSA) is 114 Å². The highest BCUT2D eigenvalue weighted by atomic mass is 16.2. The molecule has 0 aliphatic carbocycles. The Labute approximate surface area is 246 Å². The van der Waals surface area contributed by atoms with Crippen LogP contribution in [0.5, 0.6) is 0 Å². The van der Waals surface area contributed by atoms with Gasteiger partial charge >= 0.3 is 6.03 Å². The van der Waals surface area contributed by atoms with Gasteiger partial charge in [0.2, 0.25) is 5.91 Å². The Morgan fingerprint density at radius 2 is 1.67 bits per heavy atom. The molecule has 10 heteroatoms. The summed E-state index contributed by atoms with van der Waals surface area (Å²) in [4.78, 5) is 40.2. The molecular weight excluding hydrogens is 528 g/mol. The summed E-state index contributed by atoms with van der Waals surface area (Å²) in [5.74, 6) is 6.61. The summed E-state index contributed by atoms with van der Waals surface area (Å²) in [6.07, 6.45) is 1.47. The van der Waals surface area contributed by atoms with Crippen molar-refractivity contribution in [3.05, 3.63) is 103 Å². The number of nitrogens with one attached hydrogen (secondary N) is 2. The van der Waals surface area contributed by atoms with Crippen molar-refractivity contribution in [2.24, 2.45) is 5.84 Å². The molecule has 0 spiro atoms. The van der Waals surface area contributed by atoms with Gasteiger partial charge in [-0.3, -0.25) is 19.6 Å². The minimum absolute atomic E-state index is 0.0519. The zero-order chi connectivity index (χ0) is 29.6. The number of para-hydroxylation sites is 2. The van der Waals surface area contributed by atoms with Gasteiger partial charge in [-0.25, -0.2) is 15.6 Å². The summed E-state index contributed by atoms with van der Waals surface area (Å²) in [7, 11) is 0. The van der Waals surface area contributed by atoms with E-state index >= 15 is 0 Å². The highest BCUT2D eigenvalue weighted by Gasteiger charge is 2.31. The molecule has 0 radical (unpaired) electrons. The first-order valence-electron chi connectivity index (χ1n) is 14.2. The molecule has 5 rings (SSSR count). The number of hydrogen-bond acceptors (Lipinski definition) is 6. The maximum absolute atomic E-state index is 13.6. The molecule has 1 aliphatic rings. The van der Waals surface area contributed by atoms with Crippen molar-refractivity contribution in [1.82, 2.24) is 25.2 Å². The summed E-state index contributed by atoms with van der Waals surface area (Å²) >= 11 is 0. The number of aromatic nitrogens is 2. The summed E-state index contributed by atoms with van der Waals surface area (Å²) < 4.78 is 0. The number of aromatic amines is 1. The number of amides is 3. The van der Waals surface area contributed by atoms with E-state index in [-0.39, 0.29) is 18.0 Å². The number of anilines is 2. The Hall–Kier alpha value is -4.67. The second-order valence-electron chi connectivity index (χ2n) is 10.6. The van der Waals surface area contributed by atoms with Crippen LogP contribution in [0.3, 0.4) is 0 Å². The molecule has 0 saturated carbocycles. The van der Waals surface area contributed by atoms with E-state index in [0.29, 0.717) is 25.3 Å². The number of nitrogens with two attached hydrogens (primary N) is 1. The lowest BCUT2D eigenvalue weighted by molar-refractivity contribution is -0.127. The lowest BCUT2D eigenvalue weighted by Crippen LogP contribution is -2.51. The zero-order valence-electron chi connectivity index (χ0n) is 24.1. The number of nitrogens with zero attached hydrogens (tertiary/aromatic N) is 5. The summed E-state index contributed by atoms with van der Waals surface area (Å²) in [6.45, 7) is 10.8. The van der Waals surface area contributed by atoms with Crippen LogP contribution in [0.4, 0.5) is 16.2 Å². The molecule has 1 atom stereocenters. The largest absolute Gasteiger partial charge is 0.369 e. The minimum Gasteiger partial charge on any atom is -0.369 e. The number of fused-ring (bicyclic) bond motifs is 1. The number of H-pyrrole nitrogens is 1. The Bertz CT molecular complexity index is 1480. The maximum atomic E-state index is 13.6. The molecule has 4 aromatic rings. The average molecular weight is 567 g/mol. The molecule has 3 aromatic carbocycles. The van der Waals surface area contributed by atoms with E-state index in [1.165, 1.54) is 16.1 Å². The number of hydrogen-bond donors (Lipinski definition) is 3. The third-order valence-electron chi connectivity index (χ3n) is 7.57. The van der Waals surface area contributed by atoms with Crippen LogP contribution in [0.15, 0.2) is 91.6 Å². The molecule has 0 bridgehead atoms. The van der Waals surface area contributed by atoms with Gasteiger partial charge in [0.25, 0.3) is 0 Å². The monoisotopic (exact) mass is 566 g/mol. The number of rotatable bonds is 9. The predicted molar refractivity (Wildman–Crippen MR) is 167 cm³/mol. The van der Waals surface area contributed by atoms with Gasteiger partial charge in [-0.05, 0) is 55.8 Å². The van der Waals surface area contributed by atoms with Crippen molar-refractivity contribution >= 4 is 34.3 Å².